The van der Waals surface area contributed by atoms with Gasteiger partial charge in [-0.2, -0.15) is 8.78 Å². The summed E-state index contributed by atoms with van der Waals surface area (Å²) in [4.78, 5) is 0. The van der Waals surface area contributed by atoms with E-state index in [9.17, 15) is 13.9 Å². The molecule has 112 valence electrons. The van der Waals surface area contributed by atoms with Gasteiger partial charge in [0.1, 0.15) is 11.4 Å². The van der Waals surface area contributed by atoms with Crippen LogP contribution in [0.15, 0.2) is 18.2 Å². The van der Waals surface area contributed by atoms with Gasteiger partial charge in [-0.15, -0.1) is 0 Å². The summed E-state index contributed by atoms with van der Waals surface area (Å²) in [6.45, 7) is -1.51. The first-order chi connectivity index (χ1) is 9.48. The maximum atomic E-state index is 12.3. The van der Waals surface area contributed by atoms with Crippen LogP contribution in [-0.2, 0) is 11.3 Å². The van der Waals surface area contributed by atoms with Crippen molar-refractivity contribution in [2.24, 2.45) is 0 Å². The lowest BCUT2D eigenvalue weighted by molar-refractivity contribution is -0.0505. The summed E-state index contributed by atoms with van der Waals surface area (Å²) < 4.78 is 34.1. The first kappa shape index (κ1) is 15.4. The van der Waals surface area contributed by atoms with Gasteiger partial charge in [-0.05, 0) is 18.2 Å². The Bertz CT molecular complexity index is 453. The number of hydrogen-bond donors (Lipinski definition) is 2. The molecular formula is C13H16ClF2NO3. The fourth-order valence-electron chi connectivity index (χ4n) is 2.06. The van der Waals surface area contributed by atoms with Crippen molar-refractivity contribution in [2.45, 2.75) is 25.2 Å². The minimum Gasteiger partial charge on any atom is -0.434 e. The molecule has 1 atom stereocenters. The van der Waals surface area contributed by atoms with Crippen LogP contribution in [0.3, 0.4) is 0 Å². The number of alkyl halides is 2. The van der Waals surface area contributed by atoms with Crippen molar-refractivity contribution in [2.75, 3.05) is 19.8 Å². The number of nitrogens with one attached hydrogen (secondary N) is 1. The molecule has 0 aliphatic carbocycles. The molecule has 0 radical (unpaired) electrons. The van der Waals surface area contributed by atoms with Gasteiger partial charge in [-0.3, -0.25) is 0 Å². The minimum absolute atomic E-state index is 0.0755. The second-order valence-electron chi connectivity index (χ2n) is 4.76. The molecule has 0 bridgehead atoms. The van der Waals surface area contributed by atoms with Crippen LogP contribution in [0.2, 0.25) is 5.02 Å². The van der Waals surface area contributed by atoms with Gasteiger partial charge in [0.25, 0.3) is 0 Å². The molecule has 4 nitrogen and oxygen atoms in total. The summed E-state index contributed by atoms with van der Waals surface area (Å²) in [5, 5.41) is 13.5. The number of aliphatic hydroxyl groups is 1. The Morgan fingerprint density at radius 1 is 1.50 bits per heavy atom. The second kappa shape index (κ2) is 6.67. The minimum atomic E-state index is -2.89. The lowest BCUT2D eigenvalue weighted by Crippen LogP contribution is -2.40. The van der Waals surface area contributed by atoms with Crippen molar-refractivity contribution >= 4 is 11.6 Å². The standard InChI is InChI=1S/C13H16ClF2NO3/c14-10-1-2-11(20-12(15)16)9(5-10)6-17-7-13(18)3-4-19-8-13/h1-2,5,12,17-18H,3-4,6-8H2. The molecule has 2 N–H and O–H groups in total. The second-order valence-corrected chi connectivity index (χ2v) is 5.20. The highest BCUT2D eigenvalue weighted by Gasteiger charge is 2.31. The summed E-state index contributed by atoms with van der Waals surface area (Å²) >= 11 is 5.85. The summed E-state index contributed by atoms with van der Waals surface area (Å²) in [7, 11) is 0. The SMILES string of the molecule is OC1(CNCc2cc(Cl)ccc2OC(F)F)CCOC1. The average Bonchev–Trinajstić information content (AvgIpc) is 2.79. The van der Waals surface area contributed by atoms with Crippen LogP contribution in [0.1, 0.15) is 12.0 Å². The summed E-state index contributed by atoms with van der Waals surface area (Å²) in [6, 6.07) is 4.45. The van der Waals surface area contributed by atoms with Crippen LogP contribution in [0.5, 0.6) is 5.75 Å². The van der Waals surface area contributed by atoms with Crippen LogP contribution in [-0.4, -0.2) is 37.1 Å². The monoisotopic (exact) mass is 307 g/mol. The highest BCUT2D eigenvalue weighted by Crippen LogP contribution is 2.25. The quantitative estimate of drug-likeness (QED) is 0.846. The molecule has 1 unspecified atom stereocenters. The highest BCUT2D eigenvalue weighted by molar-refractivity contribution is 6.30. The van der Waals surface area contributed by atoms with Crippen LogP contribution in [0, 0.1) is 0 Å². The maximum Gasteiger partial charge on any atom is 0.387 e. The van der Waals surface area contributed by atoms with Gasteiger partial charge >= 0.3 is 6.61 Å². The predicted molar refractivity (Wildman–Crippen MR) is 70.2 cm³/mol. The number of ether oxygens (including phenoxy) is 2. The van der Waals surface area contributed by atoms with Gasteiger partial charge in [0.2, 0.25) is 0 Å². The van der Waals surface area contributed by atoms with E-state index >= 15 is 0 Å². The van der Waals surface area contributed by atoms with Gasteiger partial charge < -0.3 is 19.9 Å². The first-order valence-corrected chi connectivity index (χ1v) is 6.60. The van der Waals surface area contributed by atoms with Gasteiger partial charge in [-0.1, -0.05) is 11.6 Å². The Morgan fingerprint density at radius 2 is 2.30 bits per heavy atom. The number of rotatable bonds is 6. The zero-order valence-electron chi connectivity index (χ0n) is 10.7. The highest BCUT2D eigenvalue weighted by atomic mass is 35.5. The molecule has 1 aromatic carbocycles. The van der Waals surface area contributed by atoms with Crippen LogP contribution in [0.25, 0.3) is 0 Å². The van der Waals surface area contributed by atoms with Crippen molar-refractivity contribution in [3.05, 3.63) is 28.8 Å². The number of benzene rings is 1. The Hall–Kier alpha value is -0.950. The predicted octanol–water partition coefficient (Wildman–Crippen LogP) is 2.18. The molecule has 20 heavy (non-hydrogen) atoms. The first-order valence-electron chi connectivity index (χ1n) is 6.23. The molecule has 2 rings (SSSR count). The molecule has 0 aromatic heterocycles. The molecule has 0 spiro atoms. The molecule has 1 aromatic rings. The molecular weight excluding hydrogens is 292 g/mol. The van der Waals surface area contributed by atoms with Crippen molar-refractivity contribution in [1.29, 1.82) is 0 Å². The van der Waals surface area contributed by atoms with E-state index < -0.39 is 12.2 Å². The molecule has 1 aliphatic heterocycles. The van der Waals surface area contributed by atoms with Gasteiger partial charge in [0, 0.05) is 36.7 Å². The van der Waals surface area contributed by atoms with E-state index in [4.69, 9.17) is 16.3 Å². The van der Waals surface area contributed by atoms with Gasteiger partial charge in [-0.25, -0.2) is 0 Å². The Balaban J connectivity index is 1.95. The van der Waals surface area contributed by atoms with E-state index in [0.29, 0.717) is 30.2 Å². The lowest BCUT2D eigenvalue weighted by Gasteiger charge is -2.21. The van der Waals surface area contributed by atoms with E-state index in [2.05, 4.69) is 10.1 Å². The fourth-order valence-corrected chi connectivity index (χ4v) is 2.26. The molecule has 1 heterocycles. The topological polar surface area (TPSA) is 50.7 Å². The molecule has 1 saturated heterocycles. The van der Waals surface area contributed by atoms with Crippen LogP contribution in [0.4, 0.5) is 8.78 Å². The maximum absolute atomic E-state index is 12.3. The van der Waals surface area contributed by atoms with Crippen molar-refractivity contribution in [1.82, 2.24) is 5.32 Å². The van der Waals surface area contributed by atoms with Crippen LogP contribution < -0.4 is 10.1 Å². The Labute approximate surface area is 120 Å². The summed E-state index contributed by atoms with van der Waals surface area (Å²) in [6.07, 6.45) is 0.552. The van der Waals surface area contributed by atoms with Gasteiger partial charge in [0.05, 0.1) is 6.61 Å². The van der Waals surface area contributed by atoms with E-state index in [1.165, 1.54) is 12.1 Å². The lowest BCUT2D eigenvalue weighted by atomic mass is 10.0. The van der Waals surface area contributed by atoms with Crippen molar-refractivity contribution < 1.29 is 23.4 Å². The third-order valence-electron chi connectivity index (χ3n) is 3.09. The number of halogens is 3. The Morgan fingerprint density at radius 3 is 2.95 bits per heavy atom. The zero-order chi connectivity index (χ0) is 14.6. The fraction of sp³-hybridized carbons (Fsp3) is 0.538. The van der Waals surface area contributed by atoms with E-state index in [-0.39, 0.29) is 18.9 Å². The molecule has 1 aliphatic rings. The Kier molecular flexibility index (Phi) is 5.15. The van der Waals surface area contributed by atoms with E-state index in [1.807, 2.05) is 0 Å². The van der Waals surface area contributed by atoms with Crippen molar-refractivity contribution in [3.63, 3.8) is 0 Å². The zero-order valence-corrected chi connectivity index (χ0v) is 11.5. The normalized spacial score (nSPS) is 22.4. The summed E-state index contributed by atoms with van der Waals surface area (Å²) in [5.41, 5.74) is -0.386. The van der Waals surface area contributed by atoms with Crippen LogP contribution >= 0.6 is 11.6 Å². The van der Waals surface area contributed by atoms with E-state index in [1.54, 1.807) is 6.07 Å². The molecule has 1 fully saturated rings. The molecule has 0 saturated carbocycles. The third-order valence-corrected chi connectivity index (χ3v) is 3.33. The summed E-state index contributed by atoms with van der Waals surface area (Å²) in [5.74, 6) is 0.0755. The van der Waals surface area contributed by atoms with E-state index in [0.717, 1.165) is 0 Å². The van der Waals surface area contributed by atoms with Gasteiger partial charge in [0.15, 0.2) is 0 Å². The molecule has 0 amide bonds. The smallest absolute Gasteiger partial charge is 0.387 e. The number of hydrogen-bond acceptors (Lipinski definition) is 4. The van der Waals surface area contributed by atoms with Crippen molar-refractivity contribution in [3.8, 4) is 5.75 Å². The largest absolute Gasteiger partial charge is 0.434 e. The third kappa shape index (κ3) is 4.28. The average molecular weight is 308 g/mol. The molecule has 7 heteroatoms.